The van der Waals surface area contributed by atoms with Crippen molar-refractivity contribution < 1.29 is 0 Å². The summed E-state index contributed by atoms with van der Waals surface area (Å²) in [5, 5.41) is 0. The van der Waals surface area contributed by atoms with Crippen LogP contribution in [-0.4, -0.2) is 4.98 Å². The molecule has 0 saturated carbocycles. The molecule has 0 aliphatic heterocycles. The van der Waals surface area contributed by atoms with Gasteiger partial charge in [-0.25, -0.2) is 0 Å². The van der Waals surface area contributed by atoms with E-state index in [1.54, 1.807) is 0 Å². The van der Waals surface area contributed by atoms with Crippen LogP contribution in [0.4, 0.5) is 0 Å². The molecule has 1 heterocycles. The van der Waals surface area contributed by atoms with Crippen LogP contribution in [0, 0.1) is 0 Å². The first-order valence-corrected chi connectivity index (χ1v) is 3.95. The second kappa shape index (κ2) is 3.91. The van der Waals surface area contributed by atoms with Crippen LogP contribution in [-0.2, 0) is 6.42 Å². The molecule has 11 heavy (non-hydrogen) atoms. The summed E-state index contributed by atoms with van der Waals surface area (Å²) in [5.74, 6) is 0. The Morgan fingerprint density at radius 1 is 1.45 bits per heavy atom. The molecule has 0 aliphatic carbocycles. The molecule has 1 rings (SSSR count). The lowest BCUT2D eigenvalue weighted by atomic mass is 10.2. The number of hydrogen-bond donors (Lipinski definition) is 0. The second-order valence-electron chi connectivity index (χ2n) is 2.41. The maximum absolute atomic E-state index is 4.39. The van der Waals surface area contributed by atoms with Crippen molar-refractivity contribution in [3.8, 4) is 0 Å². The van der Waals surface area contributed by atoms with Gasteiger partial charge in [0.05, 0.1) is 5.69 Å². The van der Waals surface area contributed by atoms with Crippen LogP contribution in [0.5, 0.6) is 0 Å². The van der Waals surface area contributed by atoms with Crippen LogP contribution in [0.1, 0.15) is 25.2 Å². The van der Waals surface area contributed by atoms with Gasteiger partial charge in [-0.3, -0.25) is 4.98 Å². The normalized spacial score (nSPS) is 10.7. The van der Waals surface area contributed by atoms with Crippen LogP contribution in [0.15, 0.2) is 24.3 Å². The Morgan fingerprint density at radius 2 is 2.27 bits per heavy atom. The Labute approximate surface area is 67.8 Å². The first-order chi connectivity index (χ1) is 5.36. The molecule has 0 spiro atoms. The first kappa shape index (κ1) is 7.99. The number of hydrogen-bond acceptors (Lipinski definition) is 1. The summed E-state index contributed by atoms with van der Waals surface area (Å²) in [7, 11) is 0. The Balaban J connectivity index is 2.91. The zero-order valence-electron chi connectivity index (χ0n) is 7.04. The number of allylic oxidation sites excluding steroid dienone is 1. The highest BCUT2D eigenvalue weighted by molar-refractivity contribution is 5.43. The van der Waals surface area contributed by atoms with Crippen LogP contribution in [0.25, 0.3) is 6.08 Å². The number of pyridine rings is 1. The summed E-state index contributed by atoms with van der Waals surface area (Å²) in [6.45, 7) is 4.11. The van der Waals surface area contributed by atoms with E-state index in [1.165, 1.54) is 0 Å². The minimum absolute atomic E-state index is 1.01. The fourth-order valence-electron chi connectivity index (χ4n) is 0.959. The highest BCUT2D eigenvalue weighted by Gasteiger charge is 1.89. The van der Waals surface area contributed by atoms with Gasteiger partial charge in [-0.15, -0.1) is 0 Å². The van der Waals surface area contributed by atoms with Crippen molar-refractivity contribution in [1.82, 2.24) is 4.98 Å². The fourth-order valence-corrected chi connectivity index (χ4v) is 0.959. The molecule has 58 valence electrons. The summed E-state index contributed by atoms with van der Waals surface area (Å²) in [5.41, 5.74) is 2.20. The van der Waals surface area contributed by atoms with Gasteiger partial charge in [-0.2, -0.15) is 0 Å². The van der Waals surface area contributed by atoms with Gasteiger partial charge >= 0.3 is 0 Å². The molecular weight excluding hydrogens is 134 g/mol. The summed E-state index contributed by atoms with van der Waals surface area (Å²) in [6.07, 6.45) is 5.02. The number of aromatic nitrogens is 1. The molecule has 0 bridgehead atoms. The van der Waals surface area contributed by atoms with E-state index in [1.807, 2.05) is 37.3 Å². The largest absolute Gasteiger partial charge is 0.254 e. The first-order valence-electron chi connectivity index (χ1n) is 3.95. The van der Waals surface area contributed by atoms with Gasteiger partial charge in [0.1, 0.15) is 0 Å². The van der Waals surface area contributed by atoms with Gasteiger partial charge in [-0.05, 0) is 31.6 Å². The Bertz CT molecular complexity index is 251. The Hall–Kier alpha value is -1.11. The lowest BCUT2D eigenvalue weighted by Crippen LogP contribution is -1.87. The van der Waals surface area contributed by atoms with E-state index >= 15 is 0 Å². The van der Waals surface area contributed by atoms with Crippen LogP contribution in [0.2, 0.25) is 0 Å². The van der Waals surface area contributed by atoms with Crippen molar-refractivity contribution in [3.05, 3.63) is 35.7 Å². The van der Waals surface area contributed by atoms with E-state index in [0.29, 0.717) is 0 Å². The van der Waals surface area contributed by atoms with Crippen molar-refractivity contribution in [1.29, 1.82) is 0 Å². The van der Waals surface area contributed by atoms with E-state index in [-0.39, 0.29) is 0 Å². The molecule has 0 amide bonds. The quantitative estimate of drug-likeness (QED) is 0.626. The average molecular weight is 147 g/mol. The summed E-state index contributed by atoms with van der Waals surface area (Å²) < 4.78 is 0. The van der Waals surface area contributed by atoms with Crippen molar-refractivity contribution in [2.75, 3.05) is 0 Å². The molecule has 0 N–H and O–H groups in total. The molecule has 0 saturated heterocycles. The van der Waals surface area contributed by atoms with Gasteiger partial charge in [-0.1, -0.05) is 19.1 Å². The SMILES string of the molecule is C/C=C/c1cccc(CC)n1. The second-order valence-corrected chi connectivity index (χ2v) is 2.41. The summed E-state index contributed by atoms with van der Waals surface area (Å²) in [6, 6.07) is 6.10. The van der Waals surface area contributed by atoms with Gasteiger partial charge in [0, 0.05) is 5.69 Å². The maximum atomic E-state index is 4.39. The van der Waals surface area contributed by atoms with Crippen molar-refractivity contribution in [3.63, 3.8) is 0 Å². The zero-order chi connectivity index (χ0) is 8.10. The Morgan fingerprint density at radius 3 is 2.91 bits per heavy atom. The van der Waals surface area contributed by atoms with Crippen molar-refractivity contribution >= 4 is 6.08 Å². The third-order valence-corrected chi connectivity index (χ3v) is 1.53. The van der Waals surface area contributed by atoms with Crippen LogP contribution < -0.4 is 0 Å². The highest BCUT2D eigenvalue weighted by atomic mass is 14.7. The van der Waals surface area contributed by atoms with Gasteiger partial charge in [0.2, 0.25) is 0 Å². The summed E-state index contributed by atoms with van der Waals surface area (Å²) in [4.78, 5) is 4.39. The highest BCUT2D eigenvalue weighted by Crippen LogP contribution is 2.01. The molecule has 0 radical (unpaired) electrons. The van der Waals surface area contributed by atoms with Gasteiger partial charge in [0.15, 0.2) is 0 Å². The molecule has 1 aromatic heterocycles. The predicted molar refractivity (Wildman–Crippen MR) is 48.3 cm³/mol. The van der Waals surface area contributed by atoms with E-state index in [9.17, 15) is 0 Å². The third-order valence-electron chi connectivity index (χ3n) is 1.53. The fraction of sp³-hybridized carbons (Fsp3) is 0.300. The lowest BCUT2D eigenvalue weighted by Gasteiger charge is -1.96. The minimum Gasteiger partial charge on any atom is -0.254 e. The average Bonchev–Trinajstić information content (AvgIpc) is 2.06. The zero-order valence-corrected chi connectivity index (χ0v) is 7.04. The van der Waals surface area contributed by atoms with Crippen molar-refractivity contribution in [2.24, 2.45) is 0 Å². The topological polar surface area (TPSA) is 12.9 Å². The number of rotatable bonds is 2. The molecular formula is C10H13N. The van der Waals surface area contributed by atoms with E-state index < -0.39 is 0 Å². The van der Waals surface area contributed by atoms with Gasteiger partial charge in [0.25, 0.3) is 0 Å². The summed E-state index contributed by atoms with van der Waals surface area (Å²) >= 11 is 0. The van der Waals surface area contributed by atoms with Crippen molar-refractivity contribution in [2.45, 2.75) is 20.3 Å². The van der Waals surface area contributed by atoms with Gasteiger partial charge < -0.3 is 0 Å². The van der Waals surface area contributed by atoms with Crippen LogP contribution >= 0.6 is 0 Å². The van der Waals surface area contributed by atoms with Crippen LogP contribution in [0.3, 0.4) is 0 Å². The minimum atomic E-state index is 1.01. The molecule has 1 nitrogen and oxygen atoms in total. The molecule has 0 fully saturated rings. The van der Waals surface area contributed by atoms with E-state index in [2.05, 4.69) is 11.9 Å². The molecule has 1 heteroatoms. The molecule has 0 aromatic carbocycles. The smallest absolute Gasteiger partial charge is 0.0629 e. The molecule has 0 aliphatic rings. The maximum Gasteiger partial charge on any atom is 0.0629 e. The Kier molecular flexibility index (Phi) is 2.84. The lowest BCUT2D eigenvalue weighted by molar-refractivity contribution is 1.03. The molecule has 1 aromatic rings. The van der Waals surface area contributed by atoms with E-state index in [4.69, 9.17) is 0 Å². The standard InChI is InChI=1S/C10H13N/c1-3-6-10-8-5-7-9(4-2)11-10/h3,5-8H,4H2,1-2H3/b6-3+. The molecule has 0 atom stereocenters. The van der Waals surface area contributed by atoms with E-state index in [0.717, 1.165) is 17.8 Å². The third kappa shape index (κ3) is 2.19. The number of nitrogens with zero attached hydrogens (tertiary/aromatic N) is 1. The number of aryl methyl sites for hydroxylation is 1. The molecule has 0 unspecified atom stereocenters. The monoisotopic (exact) mass is 147 g/mol. The predicted octanol–water partition coefficient (Wildman–Crippen LogP) is 2.68.